The van der Waals surface area contributed by atoms with Crippen LogP contribution in [0.5, 0.6) is 5.75 Å². The second kappa shape index (κ2) is 9.43. The van der Waals surface area contributed by atoms with Crippen LogP contribution in [0.25, 0.3) is 6.08 Å². The summed E-state index contributed by atoms with van der Waals surface area (Å²) in [5.74, 6) is -0.0136. The Kier molecular flexibility index (Phi) is 6.73. The molecule has 0 aliphatic rings. The Hall–Kier alpha value is -2.77. The fourth-order valence-electron chi connectivity index (χ4n) is 2.27. The zero-order valence-electron chi connectivity index (χ0n) is 15.0. The molecule has 1 N–H and O–H groups in total. The normalized spacial score (nSPS) is 11.4. The van der Waals surface area contributed by atoms with Gasteiger partial charge in [0.1, 0.15) is 17.3 Å². The Balaban J connectivity index is 1.74. The highest BCUT2D eigenvalue weighted by Gasteiger charge is 2.15. The van der Waals surface area contributed by atoms with Crippen LogP contribution in [0, 0.1) is 0 Å². The molecule has 3 aromatic rings. The van der Waals surface area contributed by atoms with E-state index in [1.54, 1.807) is 30.3 Å². The molecular weight excluding hydrogens is 400 g/mol. The van der Waals surface area contributed by atoms with E-state index in [4.69, 9.17) is 20.8 Å². The van der Waals surface area contributed by atoms with Crippen molar-refractivity contribution in [3.63, 3.8) is 0 Å². The van der Waals surface area contributed by atoms with E-state index in [1.807, 2.05) is 25.1 Å². The minimum Gasteiger partial charge on any atom is -0.489 e. The first kappa shape index (κ1) is 20.0. The summed E-state index contributed by atoms with van der Waals surface area (Å²) in [6, 6.07) is 14.6. The molecule has 1 heterocycles. The Morgan fingerprint density at radius 1 is 1.25 bits per heavy atom. The predicted octanol–water partition coefficient (Wildman–Crippen LogP) is 5.08. The fourth-order valence-corrected chi connectivity index (χ4v) is 3.15. The van der Waals surface area contributed by atoms with Crippen molar-refractivity contribution in [2.24, 2.45) is 0 Å². The number of benzene rings is 2. The van der Waals surface area contributed by atoms with Crippen LogP contribution in [-0.2, 0) is 17.8 Å². The van der Waals surface area contributed by atoms with Gasteiger partial charge in [-0.25, -0.2) is 4.79 Å². The first-order chi connectivity index (χ1) is 13.5. The maximum atomic E-state index is 11.6. The van der Waals surface area contributed by atoms with E-state index in [2.05, 4.69) is 10.2 Å². The molecule has 0 amide bonds. The van der Waals surface area contributed by atoms with Gasteiger partial charge in [0.2, 0.25) is 5.89 Å². The van der Waals surface area contributed by atoms with Crippen LogP contribution < -0.4 is 4.74 Å². The molecule has 2 aromatic carbocycles. The number of aliphatic carboxylic acids is 1. The summed E-state index contributed by atoms with van der Waals surface area (Å²) < 4.78 is 11.2. The van der Waals surface area contributed by atoms with Crippen molar-refractivity contribution < 1.29 is 19.1 Å². The van der Waals surface area contributed by atoms with Crippen molar-refractivity contribution in [3.8, 4) is 5.75 Å². The lowest BCUT2D eigenvalue weighted by atomic mass is 10.2. The van der Waals surface area contributed by atoms with Gasteiger partial charge in [0.15, 0.2) is 0 Å². The first-order valence-corrected chi connectivity index (χ1v) is 9.66. The number of hydrogen-bond acceptors (Lipinski definition) is 6. The van der Waals surface area contributed by atoms with Gasteiger partial charge < -0.3 is 14.3 Å². The summed E-state index contributed by atoms with van der Waals surface area (Å²) >= 11 is 7.05. The third kappa shape index (κ3) is 5.37. The van der Waals surface area contributed by atoms with Gasteiger partial charge in [-0.3, -0.25) is 0 Å². The average Bonchev–Trinajstić information content (AvgIpc) is 3.15. The van der Waals surface area contributed by atoms with E-state index in [9.17, 15) is 9.90 Å². The number of carboxylic acid groups (broad SMARTS) is 1. The van der Waals surface area contributed by atoms with Crippen LogP contribution >= 0.6 is 23.4 Å². The molecule has 28 heavy (non-hydrogen) atoms. The second-order valence-electron chi connectivity index (χ2n) is 5.68. The van der Waals surface area contributed by atoms with Crippen molar-refractivity contribution in [1.29, 1.82) is 0 Å². The van der Waals surface area contributed by atoms with Gasteiger partial charge in [-0.05, 0) is 41.6 Å². The second-order valence-corrected chi connectivity index (χ2v) is 7.08. The van der Waals surface area contributed by atoms with E-state index in [1.165, 1.54) is 6.08 Å². The largest absolute Gasteiger partial charge is 0.489 e. The molecule has 0 unspecified atom stereocenters. The van der Waals surface area contributed by atoms with Crippen LogP contribution in [0.15, 0.2) is 63.1 Å². The smallest absolute Gasteiger partial charge is 0.342 e. The lowest BCUT2D eigenvalue weighted by Gasteiger charge is -2.08. The van der Waals surface area contributed by atoms with Crippen LogP contribution in [0.2, 0.25) is 5.02 Å². The summed E-state index contributed by atoms with van der Waals surface area (Å²) in [5, 5.41) is 18.0. The lowest BCUT2D eigenvalue weighted by Crippen LogP contribution is -1.98. The first-order valence-electron chi connectivity index (χ1n) is 8.46. The topological polar surface area (TPSA) is 85.5 Å². The molecule has 0 atom stereocenters. The molecule has 8 heteroatoms. The monoisotopic (exact) mass is 416 g/mol. The molecule has 0 aliphatic heterocycles. The van der Waals surface area contributed by atoms with Crippen molar-refractivity contribution in [1.82, 2.24) is 10.2 Å². The summed E-state index contributed by atoms with van der Waals surface area (Å²) in [5.41, 5.74) is 1.55. The molecule has 3 rings (SSSR count). The highest BCUT2D eigenvalue weighted by molar-refractivity contribution is 8.03. The molecule has 0 saturated carbocycles. The number of carbonyl (C=O) groups is 1. The molecule has 0 spiro atoms. The Morgan fingerprint density at radius 3 is 2.79 bits per heavy atom. The van der Waals surface area contributed by atoms with Crippen molar-refractivity contribution in [2.45, 2.75) is 25.2 Å². The number of thioether (sulfide) groups is 1. The van der Waals surface area contributed by atoms with Gasteiger partial charge >= 0.3 is 5.97 Å². The highest BCUT2D eigenvalue weighted by Crippen LogP contribution is 2.28. The quantitative estimate of drug-likeness (QED) is 0.404. The molecule has 0 bridgehead atoms. The van der Waals surface area contributed by atoms with E-state index >= 15 is 0 Å². The van der Waals surface area contributed by atoms with Gasteiger partial charge in [-0.1, -0.05) is 48.9 Å². The van der Waals surface area contributed by atoms with Crippen LogP contribution in [0.3, 0.4) is 0 Å². The van der Waals surface area contributed by atoms with Gasteiger partial charge in [0.25, 0.3) is 5.22 Å². The summed E-state index contributed by atoms with van der Waals surface area (Å²) in [6.07, 6.45) is 2.12. The minimum absolute atomic E-state index is 0.0644. The number of aryl methyl sites for hydroxylation is 1. The highest BCUT2D eigenvalue weighted by atomic mass is 35.5. The molecule has 6 nitrogen and oxygen atoms in total. The summed E-state index contributed by atoms with van der Waals surface area (Å²) in [6.45, 7) is 2.19. The number of hydrogen-bond donors (Lipinski definition) is 1. The molecule has 0 saturated heterocycles. The number of nitrogens with zero attached hydrogens (tertiary/aromatic N) is 2. The Morgan fingerprint density at radius 2 is 2.07 bits per heavy atom. The molecule has 1 aromatic heterocycles. The summed E-state index contributed by atoms with van der Waals surface area (Å²) in [7, 11) is 0. The maximum Gasteiger partial charge on any atom is 0.342 e. The minimum atomic E-state index is -1.08. The third-order valence-corrected chi connectivity index (χ3v) is 4.89. The van der Waals surface area contributed by atoms with Gasteiger partial charge in [0, 0.05) is 17.0 Å². The van der Waals surface area contributed by atoms with Crippen LogP contribution in [0.1, 0.15) is 23.9 Å². The van der Waals surface area contributed by atoms with Crippen LogP contribution in [-0.4, -0.2) is 21.3 Å². The van der Waals surface area contributed by atoms with Crippen LogP contribution in [0.4, 0.5) is 0 Å². The molecular formula is C20H17ClN2O4S. The Labute approximate surface area is 171 Å². The third-order valence-electron chi connectivity index (χ3n) is 3.67. The molecule has 144 valence electrons. The number of aromatic nitrogens is 2. The summed E-state index contributed by atoms with van der Waals surface area (Å²) in [4.78, 5) is 11.7. The predicted molar refractivity (Wildman–Crippen MR) is 107 cm³/mol. The zero-order chi connectivity index (χ0) is 19.9. The van der Waals surface area contributed by atoms with E-state index < -0.39 is 5.97 Å². The lowest BCUT2D eigenvalue weighted by molar-refractivity contribution is -0.131. The Bertz CT molecular complexity index is 1000. The number of halogens is 1. The van der Waals surface area contributed by atoms with Crippen molar-refractivity contribution in [3.05, 3.63) is 75.5 Å². The maximum absolute atomic E-state index is 11.6. The molecule has 0 fully saturated rings. The number of carboxylic acids is 1. The number of ether oxygens (including phenoxy) is 1. The van der Waals surface area contributed by atoms with Gasteiger partial charge in [0.05, 0.1) is 0 Å². The van der Waals surface area contributed by atoms with E-state index in [0.717, 1.165) is 17.3 Å². The molecule has 0 aliphatic carbocycles. The SMILES string of the molecule is CCc1nnc(S/C(=C/c2cccc(OCc3ccccc3Cl)c2)C(=O)O)o1. The average molecular weight is 417 g/mol. The standard InChI is InChI=1S/C20H17ClN2O4S/c1-2-18-22-23-20(27-18)28-17(19(24)25)11-13-6-5-8-15(10-13)26-12-14-7-3-4-9-16(14)21/h3-11H,2,12H2,1H3,(H,24,25)/b17-11+. The fraction of sp³-hybridized carbons (Fsp3) is 0.150. The molecule has 0 radical (unpaired) electrons. The van der Waals surface area contributed by atoms with E-state index in [-0.39, 0.29) is 10.1 Å². The van der Waals surface area contributed by atoms with E-state index in [0.29, 0.717) is 35.3 Å². The zero-order valence-corrected chi connectivity index (χ0v) is 16.5. The van der Waals surface area contributed by atoms with Gasteiger partial charge in [-0.2, -0.15) is 0 Å². The van der Waals surface area contributed by atoms with Crippen molar-refractivity contribution >= 4 is 35.4 Å². The van der Waals surface area contributed by atoms with Gasteiger partial charge in [-0.15, -0.1) is 10.2 Å². The number of rotatable bonds is 8. The van der Waals surface area contributed by atoms with Crippen molar-refractivity contribution in [2.75, 3.05) is 0 Å².